The molecule has 0 saturated heterocycles. The molecule has 0 aliphatic rings. The van der Waals surface area contributed by atoms with Crippen molar-refractivity contribution in [2.75, 3.05) is 13.7 Å². The third-order valence-corrected chi connectivity index (χ3v) is 2.95. The first kappa shape index (κ1) is 18.7. The Bertz CT molecular complexity index is 430. The van der Waals surface area contributed by atoms with E-state index in [1.807, 2.05) is 0 Å². The smallest absolute Gasteiger partial charge is 0.254 e. The molecule has 0 bridgehead atoms. The standard InChI is InChI=1S/C14H21FN2O2.ClH/c1-3-4-5-10(9-16)17-14(18)12-7-6-11(19-2)8-13(12)15;/h6-8,10H,3-5,9,16H2,1-2H3,(H,17,18);1H. The Labute approximate surface area is 125 Å². The van der Waals surface area contributed by atoms with Crippen molar-refractivity contribution >= 4 is 18.3 Å². The van der Waals surface area contributed by atoms with Gasteiger partial charge in [-0.1, -0.05) is 19.8 Å². The van der Waals surface area contributed by atoms with Gasteiger partial charge in [-0.25, -0.2) is 4.39 Å². The summed E-state index contributed by atoms with van der Waals surface area (Å²) in [6, 6.07) is 4.05. The number of carbonyl (C=O) groups excluding carboxylic acids is 1. The van der Waals surface area contributed by atoms with E-state index in [0.717, 1.165) is 19.3 Å². The summed E-state index contributed by atoms with van der Waals surface area (Å²) in [4.78, 5) is 12.0. The van der Waals surface area contributed by atoms with Crippen LogP contribution in [0.2, 0.25) is 0 Å². The second-order valence-corrected chi connectivity index (χ2v) is 4.39. The van der Waals surface area contributed by atoms with E-state index < -0.39 is 11.7 Å². The van der Waals surface area contributed by atoms with Crippen LogP contribution in [0.5, 0.6) is 5.75 Å². The van der Waals surface area contributed by atoms with Gasteiger partial charge in [0.05, 0.1) is 12.7 Å². The molecule has 1 rings (SSSR count). The molecule has 0 aliphatic heterocycles. The van der Waals surface area contributed by atoms with E-state index in [1.54, 1.807) is 6.07 Å². The first-order valence-corrected chi connectivity index (χ1v) is 6.46. The molecular formula is C14H22ClFN2O2. The van der Waals surface area contributed by atoms with E-state index >= 15 is 0 Å². The molecule has 1 aromatic carbocycles. The van der Waals surface area contributed by atoms with Crippen molar-refractivity contribution in [1.82, 2.24) is 5.32 Å². The number of ether oxygens (including phenoxy) is 1. The van der Waals surface area contributed by atoms with Gasteiger partial charge in [0.25, 0.3) is 5.91 Å². The van der Waals surface area contributed by atoms with Gasteiger partial charge in [-0.3, -0.25) is 4.79 Å². The van der Waals surface area contributed by atoms with E-state index in [2.05, 4.69) is 12.2 Å². The second kappa shape index (κ2) is 9.55. The Kier molecular flexibility index (Phi) is 8.92. The minimum absolute atomic E-state index is 0. The number of methoxy groups -OCH3 is 1. The van der Waals surface area contributed by atoms with Crippen LogP contribution in [0.3, 0.4) is 0 Å². The monoisotopic (exact) mass is 304 g/mol. The van der Waals surface area contributed by atoms with Gasteiger partial charge in [-0.05, 0) is 18.6 Å². The summed E-state index contributed by atoms with van der Waals surface area (Å²) in [5.74, 6) is -0.648. The van der Waals surface area contributed by atoms with Gasteiger partial charge in [-0.2, -0.15) is 0 Å². The maximum Gasteiger partial charge on any atom is 0.254 e. The summed E-state index contributed by atoms with van der Waals surface area (Å²) in [5, 5.41) is 2.75. The fourth-order valence-electron chi connectivity index (χ4n) is 1.77. The number of nitrogens with one attached hydrogen (secondary N) is 1. The van der Waals surface area contributed by atoms with Crippen LogP contribution in [-0.2, 0) is 0 Å². The van der Waals surface area contributed by atoms with Gasteiger partial charge < -0.3 is 15.8 Å². The van der Waals surface area contributed by atoms with Crippen molar-refractivity contribution in [1.29, 1.82) is 0 Å². The number of halogens is 2. The Balaban J connectivity index is 0.00000361. The van der Waals surface area contributed by atoms with E-state index in [0.29, 0.717) is 12.3 Å². The summed E-state index contributed by atoms with van der Waals surface area (Å²) in [6.45, 7) is 2.42. The number of benzene rings is 1. The molecular weight excluding hydrogens is 283 g/mol. The Morgan fingerprint density at radius 2 is 2.20 bits per heavy atom. The Hall–Kier alpha value is -1.33. The molecule has 0 aromatic heterocycles. The number of amides is 1. The van der Waals surface area contributed by atoms with Crippen molar-refractivity contribution < 1.29 is 13.9 Å². The van der Waals surface area contributed by atoms with Crippen LogP contribution in [0.4, 0.5) is 4.39 Å². The molecule has 114 valence electrons. The first-order valence-electron chi connectivity index (χ1n) is 6.46. The van der Waals surface area contributed by atoms with Crippen molar-refractivity contribution in [2.45, 2.75) is 32.2 Å². The number of unbranched alkanes of at least 4 members (excludes halogenated alkanes) is 1. The molecule has 0 aliphatic carbocycles. The summed E-state index contributed by atoms with van der Waals surface area (Å²) in [6.07, 6.45) is 2.81. The van der Waals surface area contributed by atoms with Crippen molar-refractivity contribution in [3.8, 4) is 5.75 Å². The molecule has 6 heteroatoms. The zero-order valence-corrected chi connectivity index (χ0v) is 12.6. The number of nitrogens with two attached hydrogens (primary N) is 1. The van der Waals surface area contributed by atoms with Crippen LogP contribution in [0.15, 0.2) is 18.2 Å². The zero-order valence-electron chi connectivity index (χ0n) is 11.8. The highest BCUT2D eigenvalue weighted by Gasteiger charge is 2.16. The number of rotatable bonds is 7. The van der Waals surface area contributed by atoms with Gasteiger partial charge in [0.15, 0.2) is 0 Å². The maximum absolute atomic E-state index is 13.7. The Morgan fingerprint density at radius 3 is 2.70 bits per heavy atom. The molecule has 0 fully saturated rings. The molecule has 0 saturated carbocycles. The molecule has 1 amide bonds. The van der Waals surface area contributed by atoms with Crippen LogP contribution >= 0.6 is 12.4 Å². The quantitative estimate of drug-likeness (QED) is 0.813. The number of carbonyl (C=O) groups is 1. The summed E-state index contributed by atoms with van der Waals surface area (Å²) < 4.78 is 18.6. The lowest BCUT2D eigenvalue weighted by Crippen LogP contribution is -2.40. The lowest BCUT2D eigenvalue weighted by atomic mass is 10.1. The number of hydrogen-bond donors (Lipinski definition) is 2. The summed E-state index contributed by atoms with van der Waals surface area (Å²) in [5.41, 5.74) is 5.61. The molecule has 3 N–H and O–H groups in total. The van der Waals surface area contributed by atoms with Gasteiger partial charge in [0.2, 0.25) is 0 Å². The minimum Gasteiger partial charge on any atom is -0.497 e. The van der Waals surface area contributed by atoms with E-state index in [-0.39, 0.29) is 24.0 Å². The predicted molar refractivity (Wildman–Crippen MR) is 80.0 cm³/mol. The normalized spacial score (nSPS) is 11.4. The van der Waals surface area contributed by atoms with Crippen LogP contribution in [0.25, 0.3) is 0 Å². The van der Waals surface area contributed by atoms with Crippen LogP contribution in [0, 0.1) is 5.82 Å². The highest BCUT2D eigenvalue weighted by Crippen LogP contribution is 2.16. The zero-order chi connectivity index (χ0) is 14.3. The van der Waals surface area contributed by atoms with E-state index in [1.165, 1.54) is 19.2 Å². The largest absolute Gasteiger partial charge is 0.497 e. The van der Waals surface area contributed by atoms with Crippen LogP contribution < -0.4 is 15.8 Å². The Morgan fingerprint density at radius 1 is 1.50 bits per heavy atom. The predicted octanol–water partition coefficient (Wildman–Crippen LogP) is 2.50. The van der Waals surface area contributed by atoms with Crippen molar-refractivity contribution in [2.24, 2.45) is 5.73 Å². The topological polar surface area (TPSA) is 64.3 Å². The average molecular weight is 305 g/mol. The SMILES string of the molecule is CCCCC(CN)NC(=O)c1ccc(OC)cc1F.Cl. The fraction of sp³-hybridized carbons (Fsp3) is 0.500. The molecule has 0 spiro atoms. The van der Waals surface area contributed by atoms with Crippen molar-refractivity contribution in [3.05, 3.63) is 29.6 Å². The third-order valence-electron chi connectivity index (χ3n) is 2.95. The molecule has 1 unspecified atom stereocenters. The van der Waals surface area contributed by atoms with Crippen LogP contribution in [0.1, 0.15) is 36.5 Å². The van der Waals surface area contributed by atoms with Gasteiger partial charge >= 0.3 is 0 Å². The van der Waals surface area contributed by atoms with E-state index in [4.69, 9.17) is 10.5 Å². The van der Waals surface area contributed by atoms with Gasteiger partial charge in [0, 0.05) is 18.7 Å². The highest BCUT2D eigenvalue weighted by atomic mass is 35.5. The molecule has 1 atom stereocenters. The average Bonchev–Trinajstić information content (AvgIpc) is 2.42. The van der Waals surface area contributed by atoms with Gasteiger partial charge in [-0.15, -0.1) is 12.4 Å². The molecule has 0 radical (unpaired) electrons. The molecule has 4 nitrogen and oxygen atoms in total. The van der Waals surface area contributed by atoms with Gasteiger partial charge in [0.1, 0.15) is 11.6 Å². The summed E-state index contributed by atoms with van der Waals surface area (Å²) in [7, 11) is 1.45. The lowest BCUT2D eigenvalue weighted by Gasteiger charge is -2.16. The fourth-order valence-corrected chi connectivity index (χ4v) is 1.77. The van der Waals surface area contributed by atoms with E-state index in [9.17, 15) is 9.18 Å². The molecule has 1 aromatic rings. The lowest BCUT2D eigenvalue weighted by molar-refractivity contribution is 0.0931. The number of hydrogen-bond acceptors (Lipinski definition) is 3. The maximum atomic E-state index is 13.7. The molecule has 0 heterocycles. The summed E-state index contributed by atoms with van der Waals surface area (Å²) >= 11 is 0. The van der Waals surface area contributed by atoms with Crippen molar-refractivity contribution in [3.63, 3.8) is 0 Å². The highest BCUT2D eigenvalue weighted by molar-refractivity contribution is 5.94. The second-order valence-electron chi connectivity index (χ2n) is 4.39. The third kappa shape index (κ3) is 5.35. The molecule has 20 heavy (non-hydrogen) atoms. The minimum atomic E-state index is -0.594. The van der Waals surface area contributed by atoms with Crippen LogP contribution in [-0.4, -0.2) is 25.6 Å². The first-order chi connectivity index (χ1) is 9.12.